The zero-order valence-electron chi connectivity index (χ0n) is 22.2. The number of aromatic nitrogens is 2. The molecule has 3 heterocycles. The average molecular weight is 605 g/mol. The van der Waals surface area contributed by atoms with Gasteiger partial charge in [0.15, 0.2) is 0 Å². The quantitative estimate of drug-likeness (QED) is 0.206. The molecule has 0 saturated heterocycles. The van der Waals surface area contributed by atoms with E-state index in [0.717, 1.165) is 0 Å². The number of nitrogens with one attached hydrogen (secondary N) is 2. The molecule has 42 heavy (non-hydrogen) atoms. The summed E-state index contributed by atoms with van der Waals surface area (Å²) in [6, 6.07) is 15.2. The van der Waals surface area contributed by atoms with E-state index in [1.165, 1.54) is 61.7 Å². The lowest BCUT2D eigenvalue weighted by atomic mass is 9.99. The molecule has 0 bridgehead atoms. The fourth-order valence-electron chi connectivity index (χ4n) is 4.60. The average Bonchev–Trinajstić information content (AvgIpc) is 3.59. The van der Waals surface area contributed by atoms with E-state index in [1.807, 2.05) is 0 Å². The lowest BCUT2D eigenvalue weighted by molar-refractivity contribution is 0.0964. The van der Waals surface area contributed by atoms with Crippen molar-refractivity contribution in [3.63, 3.8) is 0 Å². The number of thiazole rings is 1. The van der Waals surface area contributed by atoms with Crippen LogP contribution in [-0.4, -0.2) is 37.1 Å². The molecule has 2 N–H and O–H groups in total. The Hall–Kier alpha value is -4.68. The van der Waals surface area contributed by atoms with Crippen LogP contribution < -0.4 is 10.0 Å². The van der Waals surface area contributed by atoms with Crippen LogP contribution in [0.5, 0.6) is 0 Å². The number of anilines is 1. The third kappa shape index (κ3) is 4.99. The number of fused-ring (bicyclic) bond motifs is 2. The summed E-state index contributed by atoms with van der Waals surface area (Å²) in [5.74, 6) is -1.29. The monoisotopic (exact) mass is 604 g/mol. The third-order valence-electron chi connectivity index (χ3n) is 6.70. The van der Waals surface area contributed by atoms with Crippen LogP contribution >= 0.6 is 11.3 Å². The molecule has 8 nitrogen and oxygen atoms in total. The zero-order chi connectivity index (χ0) is 29.6. The van der Waals surface area contributed by atoms with Crippen molar-refractivity contribution in [1.82, 2.24) is 15.3 Å². The van der Waals surface area contributed by atoms with Gasteiger partial charge in [-0.1, -0.05) is 6.07 Å². The molecule has 0 fully saturated rings. The first kappa shape index (κ1) is 27.5. The summed E-state index contributed by atoms with van der Waals surface area (Å²) in [7, 11) is -2.24. The second kappa shape index (κ2) is 10.6. The molecule has 6 rings (SSSR count). The molecule has 0 aliphatic rings. The second-order valence-corrected chi connectivity index (χ2v) is 12.4. The predicted octanol–water partition coefficient (Wildman–Crippen LogP) is 6.84. The Balaban J connectivity index is 1.58. The van der Waals surface area contributed by atoms with Crippen LogP contribution in [0.15, 0.2) is 77.5 Å². The number of benzene rings is 3. The van der Waals surface area contributed by atoms with E-state index in [4.69, 9.17) is 4.42 Å². The molecule has 212 valence electrons. The summed E-state index contributed by atoms with van der Waals surface area (Å²) >= 11 is 1.30. The fourth-order valence-corrected chi connectivity index (χ4v) is 6.21. The topological polar surface area (TPSA) is 114 Å². The number of carbonyl (C=O) groups is 1. The van der Waals surface area contributed by atoms with Gasteiger partial charge in [0, 0.05) is 53.1 Å². The molecule has 12 heteroatoms. The molecular weight excluding hydrogens is 582 g/mol. The van der Waals surface area contributed by atoms with Crippen molar-refractivity contribution < 1.29 is 26.4 Å². The minimum atomic E-state index is -3.72. The van der Waals surface area contributed by atoms with Crippen molar-refractivity contribution in [2.24, 2.45) is 0 Å². The van der Waals surface area contributed by atoms with Gasteiger partial charge in [0.1, 0.15) is 33.5 Å². The maximum Gasteiger partial charge on any atom is 0.255 e. The van der Waals surface area contributed by atoms with Crippen molar-refractivity contribution >= 4 is 54.1 Å². The van der Waals surface area contributed by atoms with Gasteiger partial charge in [0.25, 0.3) is 5.91 Å². The van der Waals surface area contributed by atoms with Crippen molar-refractivity contribution in [2.75, 3.05) is 17.5 Å². The highest BCUT2D eigenvalue weighted by atomic mass is 32.2. The molecule has 0 saturated carbocycles. The van der Waals surface area contributed by atoms with Crippen molar-refractivity contribution in [3.05, 3.63) is 90.3 Å². The lowest BCUT2D eigenvalue weighted by Crippen LogP contribution is -2.18. The third-order valence-corrected chi connectivity index (χ3v) is 9.06. The molecule has 0 unspecified atom stereocenters. The number of rotatable bonds is 7. The molecular formula is C30H22F2N4O4S2. The Labute approximate surface area is 243 Å². The fraction of sp³-hybridized carbons (Fsp3) is 0.100. The minimum Gasteiger partial charge on any atom is -0.455 e. The van der Waals surface area contributed by atoms with Crippen LogP contribution in [-0.2, 0) is 10.0 Å². The summed E-state index contributed by atoms with van der Waals surface area (Å²) < 4.78 is 62.7. The molecule has 3 aromatic heterocycles. The normalized spacial score (nSPS) is 11.7. The molecule has 1 amide bonds. The number of amides is 1. The molecule has 0 atom stereocenters. The summed E-state index contributed by atoms with van der Waals surface area (Å²) in [6.07, 6.45) is 3.15. The van der Waals surface area contributed by atoms with Gasteiger partial charge < -0.3 is 9.73 Å². The zero-order valence-corrected chi connectivity index (χ0v) is 23.9. The minimum absolute atomic E-state index is 0.178. The van der Waals surface area contributed by atoms with E-state index >= 15 is 0 Å². The summed E-state index contributed by atoms with van der Waals surface area (Å²) in [5.41, 5.74) is 2.93. The van der Waals surface area contributed by atoms with Crippen LogP contribution in [0.1, 0.15) is 17.3 Å². The highest BCUT2D eigenvalue weighted by Crippen LogP contribution is 2.41. The maximum absolute atomic E-state index is 14.3. The Kier molecular flexibility index (Phi) is 6.95. The number of carbonyl (C=O) groups excluding carboxylic acids is 1. The first-order valence-electron chi connectivity index (χ1n) is 12.8. The first-order chi connectivity index (χ1) is 20.2. The van der Waals surface area contributed by atoms with E-state index < -0.39 is 27.6 Å². The van der Waals surface area contributed by atoms with Gasteiger partial charge in [-0.2, -0.15) is 0 Å². The van der Waals surface area contributed by atoms with Gasteiger partial charge in [-0.05, 0) is 55.5 Å². The summed E-state index contributed by atoms with van der Waals surface area (Å²) in [5, 5.41) is 3.56. The Bertz CT molecular complexity index is 2110. The van der Waals surface area contributed by atoms with E-state index in [9.17, 15) is 22.0 Å². The SMILES string of the molecule is CCS(=O)(=O)Nc1cc2oc(-c3ccc(F)cc3)c(C(=O)NC)c2cc1-c1cncc(-c2nc3c(F)cccc3s2)c1. The Morgan fingerprint density at radius 3 is 2.48 bits per heavy atom. The molecule has 0 aliphatic heterocycles. The lowest BCUT2D eigenvalue weighted by Gasteiger charge is -2.13. The van der Waals surface area contributed by atoms with Crippen LogP contribution in [0.2, 0.25) is 0 Å². The van der Waals surface area contributed by atoms with Gasteiger partial charge in [-0.3, -0.25) is 14.5 Å². The van der Waals surface area contributed by atoms with E-state index in [2.05, 4.69) is 20.0 Å². The number of hydrogen-bond donors (Lipinski definition) is 2. The molecule has 0 radical (unpaired) electrons. The number of halogens is 2. The number of nitrogens with zero attached hydrogens (tertiary/aromatic N) is 2. The summed E-state index contributed by atoms with van der Waals surface area (Å²) in [4.78, 5) is 21.9. The smallest absolute Gasteiger partial charge is 0.255 e. The molecule has 0 aliphatic carbocycles. The Morgan fingerprint density at radius 1 is 1.00 bits per heavy atom. The van der Waals surface area contributed by atoms with E-state index in [0.29, 0.717) is 37.3 Å². The van der Waals surface area contributed by atoms with E-state index in [-0.39, 0.29) is 33.9 Å². The molecule has 6 aromatic rings. The number of furan rings is 1. The standard InChI is InChI=1S/C30H22F2N4O4S2/c1-3-42(38,39)36-23-13-24-21(26(29(37)33-2)28(40-24)16-7-9-19(31)10-8-16)12-20(23)17-11-18(15-34-14-17)30-35-27-22(32)5-4-6-25(27)41-30/h4-15,36H,3H2,1-2H3,(H,33,37). The van der Waals surface area contributed by atoms with Gasteiger partial charge in [-0.15, -0.1) is 11.3 Å². The van der Waals surface area contributed by atoms with Crippen LogP contribution in [0, 0.1) is 11.6 Å². The van der Waals surface area contributed by atoms with Crippen LogP contribution in [0.25, 0.3) is 54.2 Å². The van der Waals surface area contributed by atoms with Gasteiger partial charge in [0.2, 0.25) is 10.0 Å². The van der Waals surface area contributed by atoms with Gasteiger partial charge >= 0.3 is 0 Å². The first-order valence-corrected chi connectivity index (χ1v) is 15.2. The molecule has 3 aromatic carbocycles. The number of hydrogen-bond acceptors (Lipinski definition) is 7. The molecule has 0 spiro atoms. The van der Waals surface area contributed by atoms with Gasteiger partial charge in [-0.25, -0.2) is 22.2 Å². The highest BCUT2D eigenvalue weighted by Gasteiger charge is 2.25. The van der Waals surface area contributed by atoms with Gasteiger partial charge in [0.05, 0.1) is 21.7 Å². The highest BCUT2D eigenvalue weighted by molar-refractivity contribution is 7.92. The second-order valence-electron chi connectivity index (χ2n) is 9.36. The van der Waals surface area contributed by atoms with Crippen LogP contribution in [0.4, 0.5) is 14.5 Å². The maximum atomic E-state index is 14.3. The van der Waals surface area contributed by atoms with Crippen molar-refractivity contribution in [3.8, 4) is 33.0 Å². The van der Waals surface area contributed by atoms with Crippen molar-refractivity contribution in [2.45, 2.75) is 6.92 Å². The summed E-state index contributed by atoms with van der Waals surface area (Å²) in [6.45, 7) is 1.51. The number of para-hydroxylation sites is 1. The van der Waals surface area contributed by atoms with Crippen LogP contribution in [0.3, 0.4) is 0 Å². The predicted molar refractivity (Wildman–Crippen MR) is 160 cm³/mol. The van der Waals surface area contributed by atoms with Crippen molar-refractivity contribution in [1.29, 1.82) is 0 Å². The number of sulfonamides is 1. The Morgan fingerprint density at radius 2 is 1.76 bits per heavy atom. The number of pyridine rings is 1. The van der Waals surface area contributed by atoms with E-state index in [1.54, 1.807) is 36.7 Å². The largest absolute Gasteiger partial charge is 0.455 e.